The first kappa shape index (κ1) is 40.8. The Kier molecular flexibility index (Phi) is 10.1. The predicted molar refractivity (Wildman–Crippen MR) is 289 cm³/mol. The van der Waals surface area contributed by atoms with Crippen molar-refractivity contribution < 1.29 is 0 Å². The van der Waals surface area contributed by atoms with E-state index < -0.39 is 5.41 Å². The van der Waals surface area contributed by atoms with Gasteiger partial charge in [0.2, 0.25) is 0 Å². The van der Waals surface area contributed by atoms with E-state index >= 15 is 0 Å². The van der Waals surface area contributed by atoms with Gasteiger partial charge in [-0.15, -0.1) is 0 Å². The van der Waals surface area contributed by atoms with E-state index in [1.165, 1.54) is 89.1 Å². The van der Waals surface area contributed by atoms with E-state index in [1.54, 1.807) is 0 Å². The molecule has 69 heavy (non-hydrogen) atoms. The lowest BCUT2D eigenvalue weighted by molar-refractivity contribution is 0.755. The molecule has 0 fully saturated rings. The van der Waals surface area contributed by atoms with Crippen molar-refractivity contribution in [3.05, 3.63) is 299 Å². The first-order valence-electron chi connectivity index (χ1n) is 24.4. The molecule has 1 atom stereocenters. The van der Waals surface area contributed by atoms with Crippen molar-refractivity contribution in [2.24, 2.45) is 0 Å². The number of allylic oxidation sites excluding steroid dienone is 5. The Morgan fingerprint density at radius 2 is 1.12 bits per heavy atom. The summed E-state index contributed by atoms with van der Waals surface area (Å²) in [5, 5.41) is 1.32. The molecular weight excluding hydrogens is 833 g/mol. The molecule has 3 aliphatic carbocycles. The van der Waals surface area contributed by atoms with E-state index in [1.807, 2.05) is 0 Å². The van der Waals surface area contributed by atoms with E-state index in [0.29, 0.717) is 0 Å². The Morgan fingerprint density at radius 1 is 0.493 bits per heavy atom. The minimum atomic E-state index is -0.507. The Morgan fingerprint density at radius 3 is 1.87 bits per heavy atom. The lowest BCUT2D eigenvalue weighted by atomic mass is 9.67. The van der Waals surface area contributed by atoms with Crippen LogP contribution in [0.15, 0.2) is 255 Å². The highest BCUT2D eigenvalue weighted by Crippen LogP contribution is 2.58. The van der Waals surface area contributed by atoms with Crippen LogP contribution < -0.4 is 4.90 Å². The zero-order valence-corrected chi connectivity index (χ0v) is 38.4. The Balaban J connectivity index is 0.936. The van der Waals surface area contributed by atoms with Gasteiger partial charge in [-0.2, -0.15) is 0 Å². The van der Waals surface area contributed by atoms with Crippen LogP contribution in [-0.2, 0) is 11.8 Å². The predicted octanol–water partition coefficient (Wildman–Crippen LogP) is 17.2. The third-order valence-electron chi connectivity index (χ3n) is 14.9. The SMILES string of the molecule is C1=Cc2c(n(-c3cccc4c3C(c3ccccc3)(c3ccccc3)c3ccccc3-4)c3ccc(C4C=C(c5ccccc5N(c5ccccc5)c5ccc(-c6ccccc6)cc5)C=CC4)cc23)CC1. The molecule has 0 spiro atoms. The standard InChI is InChI=1S/C67H50N2/c1-5-21-47(22-6-1)48-39-42-55(43-40-48)68(54-29-11-4-12-30-54)62-36-17-14-31-56(62)51-24-19-23-49(45-51)50-41-44-64-60(46-50)58-33-15-18-37-63(58)69(64)65-38-20-34-59-57-32-13-16-35-61(57)67(66(59)65,52-25-7-2-8-26-52)53-27-9-3-10-28-53/h1-17,19-22,24-36,38-46,49H,18,23,37H2. The van der Waals surface area contributed by atoms with E-state index in [9.17, 15) is 0 Å². The van der Waals surface area contributed by atoms with Gasteiger partial charge in [0.05, 0.1) is 22.3 Å². The molecular formula is C67H50N2. The number of benzene rings is 9. The fourth-order valence-corrected chi connectivity index (χ4v) is 11.9. The number of hydrogen-bond acceptors (Lipinski definition) is 1. The third kappa shape index (κ3) is 6.70. The average molecular weight is 883 g/mol. The van der Waals surface area contributed by atoms with Crippen LogP contribution in [0.5, 0.6) is 0 Å². The Labute approximate surface area is 405 Å². The number of fused-ring (bicyclic) bond motifs is 6. The second-order valence-electron chi connectivity index (χ2n) is 18.6. The van der Waals surface area contributed by atoms with Gasteiger partial charge in [0, 0.05) is 45.1 Å². The van der Waals surface area contributed by atoms with Crippen molar-refractivity contribution in [3.8, 4) is 27.9 Å². The lowest BCUT2D eigenvalue weighted by Crippen LogP contribution is -2.30. The summed E-state index contributed by atoms with van der Waals surface area (Å²) in [6.07, 6.45) is 14.9. The quantitative estimate of drug-likeness (QED) is 0.140. The summed E-state index contributed by atoms with van der Waals surface area (Å²) >= 11 is 0. The molecule has 3 aliphatic rings. The van der Waals surface area contributed by atoms with Gasteiger partial charge in [0.1, 0.15) is 0 Å². The van der Waals surface area contributed by atoms with Crippen molar-refractivity contribution in [2.45, 2.75) is 30.6 Å². The minimum absolute atomic E-state index is 0.212. The summed E-state index contributed by atoms with van der Waals surface area (Å²) in [6.45, 7) is 0. The molecule has 0 radical (unpaired) electrons. The molecule has 1 aromatic heterocycles. The summed E-state index contributed by atoms with van der Waals surface area (Å²) in [5.74, 6) is 0.212. The zero-order valence-electron chi connectivity index (χ0n) is 38.4. The topological polar surface area (TPSA) is 8.17 Å². The van der Waals surface area contributed by atoms with Crippen LogP contribution in [-0.4, -0.2) is 4.57 Å². The molecule has 328 valence electrons. The number of para-hydroxylation sites is 2. The van der Waals surface area contributed by atoms with Gasteiger partial charge in [0.15, 0.2) is 0 Å². The van der Waals surface area contributed by atoms with E-state index in [0.717, 1.165) is 36.3 Å². The van der Waals surface area contributed by atoms with E-state index in [4.69, 9.17) is 0 Å². The van der Waals surface area contributed by atoms with Crippen LogP contribution in [0, 0.1) is 0 Å². The number of anilines is 3. The van der Waals surface area contributed by atoms with Crippen LogP contribution in [0.25, 0.3) is 50.5 Å². The Bertz CT molecular complexity index is 3580. The van der Waals surface area contributed by atoms with Gasteiger partial charge >= 0.3 is 0 Å². The molecule has 0 saturated heterocycles. The smallest absolute Gasteiger partial charge is 0.0734 e. The molecule has 13 rings (SSSR count). The van der Waals surface area contributed by atoms with Crippen molar-refractivity contribution in [1.82, 2.24) is 4.57 Å². The van der Waals surface area contributed by atoms with Crippen molar-refractivity contribution in [2.75, 3.05) is 4.90 Å². The first-order chi connectivity index (χ1) is 34.3. The van der Waals surface area contributed by atoms with Gasteiger partial charge in [-0.3, -0.25) is 0 Å². The molecule has 0 amide bonds. The lowest BCUT2D eigenvalue weighted by Gasteiger charge is -2.35. The maximum Gasteiger partial charge on any atom is 0.0734 e. The molecule has 9 aromatic carbocycles. The van der Waals surface area contributed by atoms with E-state index in [2.05, 4.69) is 270 Å². The van der Waals surface area contributed by atoms with Crippen molar-refractivity contribution in [1.29, 1.82) is 0 Å². The Hall–Kier alpha value is -8.46. The molecule has 10 aromatic rings. The van der Waals surface area contributed by atoms with Crippen molar-refractivity contribution in [3.63, 3.8) is 0 Å². The van der Waals surface area contributed by atoms with Crippen LogP contribution in [0.2, 0.25) is 0 Å². The van der Waals surface area contributed by atoms with Gasteiger partial charge in [-0.25, -0.2) is 0 Å². The van der Waals surface area contributed by atoms with Crippen LogP contribution in [0.3, 0.4) is 0 Å². The molecule has 0 N–H and O–H groups in total. The zero-order chi connectivity index (χ0) is 45.7. The number of hydrogen-bond donors (Lipinski definition) is 0. The molecule has 0 bridgehead atoms. The fraction of sp³-hybridized carbons (Fsp3) is 0.0746. The monoisotopic (exact) mass is 882 g/mol. The first-order valence-corrected chi connectivity index (χ1v) is 24.4. The second kappa shape index (κ2) is 17.0. The summed E-state index contributed by atoms with van der Waals surface area (Å²) in [5.41, 5.74) is 22.2. The van der Waals surface area contributed by atoms with Crippen molar-refractivity contribution >= 4 is 39.6 Å². The second-order valence-corrected chi connectivity index (χ2v) is 18.6. The molecule has 1 unspecified atom stereocenters. The fourth-order valence-electron chi connectivity index (χ4n) is 11.9. The minimum Gasteiger partial charge on any atom is -0.313 e. The largest absolute Gasteiger partial charge is 0.313 e. The van der Waals surface area contributed by atoms with Crippen LogP contribution in [0.4, 0.5) is 17.1 Å². The number of rotatable bonds is 9. The maximum absolute atomic E-state index is 2.63. The van der Waals surface area contributed by atoms with E-state index in [-0.39, 0.29) is 5.92 Å². The van der Waals surface area contributed by atoms with Gasteiger partial charge < -0.3 is 9.47 Å². The summed E-state index contributed by atoms with van der Waals surface area (Å²) in [4.78, 5) is 2.40. The highest BCUT2D eigenvalue weighted by molar-refractivity contribution is 5.97. The van der Waals surface area contributed by atoms with Gasteiger partial charge in [-0.05, 0) is 118 Å². The summed E-state index contributed by atoms with van der Waals surface area (Å²) < 4.78 is 2.63. The van der Waals surface area contributed by atoms with Gasteiger partial charge in [0.25, 0.3) is 0 Å². The van der Waals surface area contributed by atoms with Crippen LogP contribution in [0.1, 0.15) is 63.4 Å². The molecule has 0 saturated carbocycles. The van der Waals surface area contributed by atoms with Gasteiger partial charge in [-0.1, -0.05) is 212 Å². The van der Waals surface area contributed by atoms with Crippen LogP contribution >= 0.6 is 0 Å². The number of aromatic nitrogens is 1. The molecule has 0 aliphatic heterocycles. The normalized spacial score (nSPS) is 15.3. The average Bonchev–Trinajstić information content (AvgIpc) is 3.93. The third-order valence-corrected chi connectivity index (χ3v) is 14.9. The maximum atomic E-state index is 2.63. The number of nitrogens with zero attached hydrogens (tertiary/aromatic N) is 2. The summed E-state index contributed by atoms with van der Waals surface area (Å²) in [6, 6.07) is 85.1. The highest BCUT2D eigenvalue weighted by Gasteiger charge is 2.48. The highest BCUT2D eigenvalue weighted by atomic mass is 15.1. The molecule has 1 heterocycles. The molecule has 2 nitrogen and oxygen atoms in total. The summed E-state index contributed by atoms with van der Waals surface area (Å²) in [7, 11) is 0. The molecule has 2 heteroatoms.